The van der Waals surface area contributed by atoms with Crippen molar-refractivity contribution in [2.45, 2.75) is 31.7 Å². The number of nitrogens with zero attached hydrogens (tertiary/aromatic N) is 5. The van der Waals surface area contributed by atoms with E-state index in [0.717, 1.165) is 55.3 Å². The number of halogens is 8. The number of hydrogen-bond donors (Lipinski definition) is 1. The molecule has 1 aliphatic heterocycles. The Balaban J connectivity index is 0.000000681. The van der Waals surface area contributed by atoms with Crippen molar-refractivity contribution in [3.8, 4) is 0 Å². The van der Waals surface area contributed by atoms with Crippen molar-refractivity contribution < 1.29 is 31.1 Å². The molecule has 1 saturated heterocycles. The second kappa shape index (κ2) is 18.1. The SMILES string of the molecule is CN(CCCCN1CCN(c2ccccc2CN=CN=CN)CC1)C(=O)c1cc(C(F)(F)F)cc(C(F)(F)F)c1.Clc1ccccc1Cl. The van der Waals surface area contributed by atoms with E-state index < -0.39 is 35.0 Å². The number of nitrogens with two attached hydrogens (primary N) is 1. The molecule has 15 heteroatoms. The van der Waals surface area contributed by atoms with E-state index in [4.69, 9.17) is 28.9 Å². The van der Waals surface area contributed by atoms with E-state index in [1.54, 1.807) is 12.1 Å². The molecule has 7 nitrogen and oxygen atoms in total. The van der Waals surface area contributed by atoms with Crippen molar-refractivity contribution >= 4 is 47.5 Å². The standard InChI is InChI=1S/C27H32F6N6O.C6H4Cl2/c1-37(25(40)21-14-22(26(28,29)30)16-23(15-21)27(31,32)33)8-4-5-9-38-10-12-39(13-11-38)24-7-3-2-6-20(24)17-35-19-36-18-34;7-5-3-1-2-4-6(5)8/h2-3,6-7,14-16,18-19H,4-5,8-13,17H2,1H3,(H2,34,35,36);1-4H. The van der Waals surface area contributed by atoms with Gasteiger partial charge in [0.1, 0.15) is 6.34 Å². The predicted octanol–water partition coefficient (Wildman–Crippen LogP) is 7.91. The number of aliphatic imine (C=N–C) groups is 2. The van der Waals surface area contributed by atoms with Crippen LogP contribution in [0.25, 0.3) is 0 Å². The molecule has 0 bridgehead atoms. The Morgan fingerprint density at radius 3 is 1.98 bits per heavy atom. The second-order valence-corrected chi connectivity index (χ2v) is 11.7. The molecule has 260 valence electrons. The lowest BCUT2D eigenvalue weighted by Crippen LogP contribution is -2.47. The lowest BCUT2D eigenvalue weighted by Gasteiger charge is -2.37. The van der Waals surface area contributed by atoms with E-state index in [0.29, 0.717) is 35.1 Å². The highest BCUT2D eigenvalue weighted by atomic mass is 35.5. The van der Waals surface area contributed by atoms with Crippen LogP contribution in [-0.2, 0) is 18.9 Å². The monoisotopic (exact) mass is 716 g/mol. The van der Waals surface area contributed by atoms with Gasteiger partial charge < -0.3 is 15.5 Å². The first-order valence-electron chi connectivity index (χ1n) is 14.9. The van der Waals surface area contributed by atoms with Crippen LogP contribution in [-0.4, -0.2) is 74.7 Å². The van der Waals surface area contributed by atoms with E-state index in [-0.39, 0.29) is 12.6 Å². The first-order valence-corrected chi connectivity index (χ1v) is 15.7. The van der Waals surface area contributed by atoms with Gasteiger partial charge in [0.2, 0.25) is 0 Å². The minimum atomic E-state index is -5.01. The van der Waals surface area contributed by atoms with Crippen molar-refractivity contribution in [1.82, 2.24) is 9.80 Å². The van der Waals surface area contributed by atoms with Crippen LogP contribution in [0.2, 0.25) is 10.0 Å². The highest BCUT2D eigenvalue weighted by Gasteiger charge is 2.37. The molecule has 0 aliphatic carbocycles. The molecule has 3 aromatic carbocycles. The van der Waals surface area contributed by atoms with Gasteiger partial charge in [0.15, 0.2) is 0 Å². The van der Waals surface area contributed by atoms with Gasteiger partial charge in [-0.1, -0.05) is 53.5 Å². The predicted molar refractivity (Wildman–Crippen MR) is 179 cm³/mol. The summed E-state index contributed by atoms with van der Waals surface area (Å²) in [5.41, 5.74) is 3.76. The van der Waals surface area contributed by atoms with Crippen LogP contribution in [0.4, 0.5) is 32.0 Å². The number of unbranched alkanes of at least 4 members (excludes halogenated alkanes) is 1. The van der Waals surface area contributed by atoms with Gasteiger partial charge in [0.25, 0.3) is 5.91 Å². The molecule has 3 aromatic rings. The molecular formula is C33H36Cl2F6N6O. The zero-order chi connectivity index (χ0) is 35.3. The van der Waals surface area contributed by atoms with E-state index in [2.05, 4.69) is 25.9 Å². The first-order chi connectivity index (χ1) is 22.7. The molecule has 48 heavy (non-hydrogen) atoms. The van der Waals surface area contributed by atoms with Crippen molar-refractivity contribution in [3.05, 3.63) is 99.0 Å². The Labute approximate surface area is 285 Å². The summed E-state index contributed by atoms with van der Waals surface area (Å²) in [6.07, 6.45) is -6.14. The Hall–Kier alpha value is -3.81. The van der Waals surface area contributed by atoms with Crippen LogP contribution in [0.5, 0.6) is 0 Å². The van der Waals surface area contributed by atoms with Crippen LogP contribution in [0.15, 0.2) is 76.7 Å². The Morgan fingerprint density at radius 1 is 0.875 bits per heavy atom. The number of carbonyl (C=O) groups is 1. The van der Waals surface area contributed by atoms with Crippen LogP contribution in [0, 0.1) is 0 Å². The number of benzene rings is 3. The van der Waals surface area contributed by atoms with Gasteiger partial charge in [-0.2, -0.15) is 26.3 Å². The van der Waals surface area contributed by atoms with Crippen LogP contribution in [0.3, 0.4) is 0 Å². The third-order valence-electron chi connectivity index (χ3n) is 7.42. The summed E-state index contributed by atoms with van der Waals surface area (Å²) < 4.78 is 78.8. The zero-order valence-electron chi connectivity index (χ0n) is 26.1. The topological polar surface area (TPSA) is 77.5 Å². The summed E-state index contributed by atoms with van der Waals surface area (Å²) in [7, 11) is 1.37. The average molecular weight is 718 g/mol. The Morgan fingerprint density at radius 2 is 1.44 bits per heavy atom. The van der Waals surface area contributed by atoms with Crippen molar-refractivity contribution in [2.75, 3.05) is 51.2 Å². The smallest absolute Gasteiger partial charge is 0.390 e. The van der Waals surface area contributed by atoms with Crippen LogP contribution < -0.4 is 10.6 Å². The number of carbonyl (C=O) groups excluding carboxylic acids is 1. The van der Waals surface area contributed by atoms with Gasteiger partial charge >= 0.3 is 12.4 Å². The van der Waals surface area contributed by atoms with Gasteiger partial charge in [-0.05, 0) is 61.3 Å². The molecule has 0 atom stereocenters. The lowest BCUT2D eigenvalue weighted by atomic mass is 10.0. The number of piperazine rings is 1. The molecule has 0 radical (unpaired) electrons. The van der Waals surface area contributed by atoms with Crippen molar-refractivity contribution in [3.63, 3.8) is 0 Å². The van der Waals surface area contributed by atoms with Crippen LogP contribution in [0.1, 0.15) is 39.9 Å². The van der Waals surface area contributed by atoms with Crippen LogP contribution >= 0.6 is 23.2 Å². The number of amides is 1. The molecule has 0 spiro atoms. The minimum absolute atomic E-state index is 0.0155. The zero-order valence-corrected chi connectivity index (χ0v) is 27.6. The molecule has 1 aliphatic rings. The van der Waals surface area contributed by atoms with Crippen molar-refractivity contribution in [1.29, 1.82) is 0 Å². The maximum atomic E-state index is 13.1. The summed E-state index contributed by atoms with van der Waals surface area (Å²) >= 11 is 11.2. The lowest BCUT2D eigenvalue weighted by molar-refractivity contribution is -0.143. The fraction of sp³-hybridized carbons (Fsp3) is 0.364. The number of para-hydroxylation sites is 1. The van der Waals surface area contributed by atoms with Crippen molar-refractivity contribution in [2.24, 2.45) is 15.7 Å². The number of alkyl halides is 6. The summed E-state index contributed by atoms with van der Waals surface area (Å²) in [6.45, 7) is 4.74. The third-order valence-corrected chi connectivity index (χ3v) is 8.18. The average Bonchev–Trinajstić information content (AvgIpc) is 3.06. The number of rotatable bonds is 10. The summed E-state index contributed by atoms with van der Waals surface area (Å²) in [4.78, 5) is 26.4. The first kappa shape index (κ1) is 38.6. The second-order valence-electron chi connectivity index (χ2n) is 10.9. The molecule has 1 fully saturated rings. The molecule has 1 heterocycles. The fourth-order valence-electron chi connectivity index (χ4n) is 4.91. The normalized spacial score (nSPS) is 14.3. The Bertz CT molecular complexity index is 1490. The molecule has 0 aromatic heterocycles. The molecule has 4 rings (SSSR count). The van der Waals surface area contributed by atoms with Gasteiger partial charge in [0, 0.05) is 51.0 Å². The molecule has 0 saturated carbocycles. The largest absolute Gasteiger partial charge is 0.416 e. The summed E-state index contributed by atoms with van der Waals surface area (Å²) in [5, 5.41) is 1.21. The Kier molecular flexibility index (Phi) is 14.6. The number of anilines is 1. The third kappa shape index (κ3) is 12.0. The maximum Gasteiger partial charge on any atom is 0.416 e. The quantitative estimate of drug-likeness (QED) is 0.100. The van der Waals surface area contributed by atoms with E-state index >= 15 is 0 Å². The van der Waals surface area contributed by atoms with E-state index in [9.17, 15) is 31.1 Å². The minimum Gasteiger partial charge on any atom is -0.390 e. The van der Waals surface area contributed by atoms with E-state index in [1.807, 2.05) is 30.3 Å². The van der Waals surface area contributed by atoms with Gasteiger partial charge in [-0.3, -0.25) is 14.7 Å². The fourth-order valence-corrected chi connectivity index (χ4v) is 5.19. The van der Waals surface area contributed by atoms with Gasteiger partial charge in [-0.25, -0.2) is 4.99 Å². The maximum absolute atomic E-state index is 13.1. The van der Waals surface area contributed by atoms with Gasteiger partial charge in [-0.15, -0.1) is 0 Å². The summed E-state index contributed by atoms with van der Waals surface area (Å²) in [5.74, 6) is -0.886. The molecule has 1 amide bonds. The molecule has 2 N–H and O–H groups in total. The van der Waals surface area contributed by atoms with E-state index in [1.165, 1.54) is 19.7 Å². The molecule has 0 unspecified atom stereocenters. The van der Waals surface area contributed by atoms with Gasteiger partial charge in [0.05, 0.1) is 34.1 Å². The molecular weight excluding hydrogens is 681 g/mol. The highest BCUT2D eigenvalue weighted by molar-refractivity contribution is 6.41. The summed E-state index contributed by atoms with van der Waals surface area (Å²) in [6, 6.07) is 16.2. The highest BCUT2D eigenvalue weighted by Crippen LogP contribution is 2.36. The number of hydrogen-bond acceptors (Lipinski definition) is 4.